The minimum Gasteiger partial charge on any atom is -0.506 e. The van der Waals surface area contributed by atoms with Crippen molar-refractivity contribution in [2.75, 3.05) is 0 Å². The predicted molar refractivity (Wildman–Crippen MR) is 78.1 cm³/mol. The molecule has 3 aromatic carbocycles. The Labute approximate surface area is 131 Å². The summed E-state index contributed by atoms with van der Waals surface area (Å²) in [4.78, 5) is 0. The Morgan fingerprint density at radius 2 is 0.375 bits per heavy atom. The number of benzene rings is 3. The van der Waals surface area contributed by atoms with E-state index in [0.29, 0.717) is 0 Å². The van der Waals surface area contributed by atoms with Crippen LogP contribution >= 0.6 is 0 Å². The van der Waals surface area contributed by atoms with Crippen molar-refractivity contribution >= 4 is 21.5 Å². The Morgan fingerprint density at radius 1 is 0.208 bits per heavy atom. The van der Waals surface area contributed by atoms with Crippen molar-refractivity contribution in [2.45, 2.75) is 0 Å². The molecule has 0 fully saturated rings. The molecular formula is C14H10O10. The van der Waals surface area contributed by atoms with Gasteiger partial charge in [-0.3, -0.25) is 0 Å². The fourth-order valence-corrected chi connectivity index (χ4v) is 2.57. The Hall–Kier alpha value is -3.82. The van der Waals surface area contributed by atoms with Gasteiger partial charge < -0.3 is 51.1 Å². The quantitative estimate of drug-likeness (QED) is 0.160. The van der Waals surface area contributed by atoms with Gasteiger partial charge in [0.05, 0.1) is 21.5 Å². The van der Waals surface area contributed by atoms with Gasteiger partial charge in [0.2, 0.25) is 23.0 Å². The fourth-order valence-electron chi connectivity index (χ4n) is 2.57. The van der Waals surface area contributed by atoms with Crippen LogP contribution in [-0.2, 0) is 0 Å². The SMILES string of the molecule is Oc1c(O)c(O)c2c(O)c3c(O)c(O)c(O)c(O)c3c(O)c2c1O. The topological polar surface area (TPSA) is 202 Å². The molecule has 0 aliphatic carbocycles. The highest BCUT2D eigenvalue weighted by Gasteiger charge is 2.30. The molecule has 3 rings (SSSR count). The van der Waals surface area contributed by atoms with Crippen molar-refractivity contribution in [3.8, 4) is 57.5 Å². The molecule has 0 aromatic heterocycles. The molecule has 0 spiro atoms. The normalized spacial score (nSPS) is 11.3. The van der Waals surface area contributed by atoms with Gasteiger partial charge in [-0.05, 0) is 0 Å². The molecule has 0 atom stereocenters. The van der Waals surface area contributed by atoms with Gasteiger partial charge in [-0.1, -0.05) is 0 Å². The average Bonchev–Trinajstić information content (AvgIpc) is 2.55. The van der Waals surface area contributed by atoms with E-state index in [1.807, 2.05) is 0 Å². The van der Waals surface area contributed by atoms with Crippen LogP contribution in [0.15, 0.2) is 0 Å². The van der Waals surface area contributed by atoms with Crippen LogP contribution in [0.25, 0.3) is 21.5 Å². The Kier molecular flexibility index (Phi) is 2.73. The fraction of sp³-hybridized carbons (Fsp3) is 0. The van der Waals surface area contributed by atoms with E-state index in [1.165, 1.54) is 0 Å². The van der Waals surface area contributed by atoms with Crippen molar-refractivity contribution in [3.63, 3.8) is 0 Å². The summed E-state index contributed by atoms with van der Waals surface area (Å²) >= 11 is 0. The number of rotatable bonds is 0. The zero-order valence-corrected chi connectivity index (χ0v) is 11.5. The molecule has 0 unspecified atom stereocenters. The second-order valence-electron chi connectivity index (χ2n) is 4.99. The first-order chi connectivity index (χ1) is 11.1. The van der Waals surface area contributed by atoms with Gasteiger partial charge in [0.1, 0.15) is 11.5 Å². The van der Waals surface area contributed by atoms with Crippen molar-refractivity contribution < 1.29 is 51.1 Å². The number of aromatic hydroxyl groups is 10. The standard InChI is InChI=1S/C14H10O10/c15-5-1-2(8(18)12(22)11(21)7(1)17)6(16)4-3(5)9(19)13(23)14(24)10(4)20/h15-24H. The zero-order valence-electron chi connectivity index (χ0n) is 11.5. The number of hydrogen-bond acceptors (Lipinski definition) is 10. The van der Waals surface area contributed by atoms with Gasteiger partial charge in [-0.2, -0.15) is 0 Å². The molecule has 0 radical (unpaired) electrons. The minimum atomic E-state index is -1.22. The van der Waals surface area contributed by atoms with E-state index in [9.17, 15) is 51.1 Å². The third-order valence-electron chi connectivity index (χ3n) is 3.74. The number of hydrogen-bond donors (Lipinski definition) is 10. The molecule has 10 heteroatoms. The van der Waals surface area contributed by atoms with E-state index in [4.69, 9.17) is 0 Å². The zero-order chi connectivity index (χ0) is 18.1. The van der Waals surface area contributed by atoms with Crippen molar-refractivity contribution in [1.29, 1.82) is 0 Å². The summed E-state index contributed by atoms with van der Waals surface area (Å²) in [6, 6.07) is 0. The number of phenols is 10. The second kappa shape index (κ2) is 4.35. The summed E-state index contributed by atoms with van der Waals surface area (Å²) in [6.07, 6.45) is 0. The summed E-state index contributed by atoms with van der Waals surface area (Å²) in [6.45, 7) is 0. The molecule has 0 amide bonds. The molecule has 0 aliphatic rings. The molecule has 0 saturated carbocycles. The summed E-state index contributed by atoms with van der Waals surface area (Å²) in [7, 11) is 0. The van der Waals surface area contributed by atoms with E-state index in [2.05, 4.69) is 0 Å². The summed E-state index contributed by atoms with van der Waals surface area (Å²) in [5.74, 6) is -11.6. The molecule has 126 valence electrons. The van der Waals surface area contributed by atoms with Crippen LogP contribution in [0.1, 0.15) is 0 Å². The van der Waals surface area contributed by atoms with Crippen LogP contribution in [0.4, 0.5) is 0 Å². The van der Waals surface area contributed by atoms with E-state index >= 15 is 0 Å². The van der Waals surface area contributed by atoms with Crippen molar-refractivity contribution in [3.05, 3.63) is 0 Å². The Bertz CT molecular complexity index is 889. The molecule has 24 heavy (non-hydrogen) atoms. The highest BCUT2D eigenvalue weighted by atomic mass is 16.4. The summed E-state index contributed by atoms with van der Waals surface area (Å²) in [5.41, 5.74) is 0. The molecule has 0 aliphatic heterocycles. The van der Waals surface area contributed by atoms with Gasteiger partial charge in [-0.25, -0.2) is 0 Å². The first kappa shape index (κ1) is 15.1. The van der Waals surface area contributed by atoms with Gasteiger partial charge in [0.15, 0.2) is 23.0 Å². The predicted octanol–water partition coefficient (Wildman–Crippen LogP) is 1.05. The van der Waals surface area contributed by atoms with Gasteiger partial charge in [0, 0.05) is 0 Å². The maximum atomic E-state index is 10.2. The smallest absolute Gasteiger partial charge is 0.205 e. The Balaban J connectivity index is 2.82. The van der Waals surface area contributed by atoms with Crippen LogP contribution in [0, 0.1) is 0 Å². The average molecular weight is 338 g/mol. The van der Waals surface area contributed by atoms with Gasteiger partial charge in [0.25, 0.3) is 0 Å². The molecule has 0 heterocycles. The Morgan fingerprint density at radius 3 is 0.542 bits per heavy atom. The van der Waals surface area contributed by atoms with Gasteiger partial charge >= 0.3 is 0 Å². The second-order valence-corrected chi connectivity index (χ2v) is 4.99. The first-order valence-electron chi connectivity index (χ1n) is 6.24. The highest BCUT2D eigenvalue weighted by molar-refractivity contribution is 6.20. The lowest BCUT2D eigenvalue weighted by Crippen LogP contribution is -1.87. The monoisotopic (exact) mass is 338 g/mol. The lowest BCUT2D eigenvalue weighted by Gasteiger charge is -2.16. The van der Waals surface area contributed by atoms with Crippen LogP contribution in [-0.4, -0.2) is 51.1 Å². The van der Waals surface area contributed by atoms with Crippen molar-refractivity contribution in [1.82, 2.24) is 0 Å². The third kappa shape index (κ3) is 1.48. The first-order valence-corrected chi connectivity index (χ1v) is 6.24. The van der Waals surface area contributed by atoms with Crippen LogP contribution in [0.5, 0.6) is 57.5 Å². The summed E-state index contributed by atoms with van der Waals surface area (Å²) in [5, 5.41) is 95.0. The minimum absolute atomic E-state index is 0.785. The largest absolute Gasteiger partial charge is 0.506 e. The molecule has 10 nitrogen and oxygen atoms in total. The molecule has 0 bridgehead atoms. The highest BCUT2D eigenvalue weighted by Crippen LogP contribution is 2.61. The van der Waals surface area contributed by atoms with E-state index < -0.39 is 79.0 Å². The maximum Gasteiger partial charge on any atom is 0.205 e. The maximum absolute atomic E-state index is 10.2. The van der Waals surface area contributed by atoms with Crippen LogP contribution in [0.3, 0.4) is 0 Å². The molecule has 3 aromatic rings. The molecule has 10 N–H and O–H groups in total. The van der Waals surface area contributed by atoms with E-state index in [0.717, 1.165) is 0 Å². The lowest BCUT2D eigenvalue weighted by molar-refractivity contribution is 0.346. The van der Waals surface area contributed by atoms with Crippen LogP contribution in [0.2, 0.25) is 0 Å². The van der Waals surface area contributed by atoms with E-state index in [1.54, 1.807) is 0 Å². The number of phenolic OH excluding ortho intramolecular Hbond substituents is 10. The number of fused-ring (bicyclic) bond motifs is 2. The summed E-state index contributed by atoms with van der Waals surface area (Å²) < 4.78 is 0. The molecule has 0 saturated heterocycles. The van der Waals surface area contributed by atoms with E-state index in [-0.39, 0.29) is 0 Å². The lowest BCUT2D eigenvalue weighted by atomic mass is 9.96. The molecular weight excluding hydrogens is 328 g/mol. The van der Waals surface area contributed by atoms with Crippen molar-refractivity contribution in [2.24, 2.45) is 0 Å². The van der Waals surface area contributed by atoms with Gasteiger partial charge in [-0.15, -0.1) is 0 Å². The van der Waals surface area contributed by atoms with Crippen LogP contribution < -0.4 is 0 Å². The third-order valence-corrected chi connectivity index (χ3v) is 3.74.